The van der Waals surface area contributed by atoms with Gasteiger partial charge in [0.05, 0.1) is 21.4 Å². The minimum Gasteiger partial charge on any atom is -0.367 e. The number of nitrogens with one attached hydrogen (secondary N) is 2. The van der Waals surface area contributed by atoms with Crippen molar-refractivity contribution in [3.05, 3.63) is 74.3 Å². The van der Waals surface area contributed by atoms with Gasteiger partial charge in [-0.25, -0.2) is 0 Å². The van der Waals surface area contributed by atoms with Crippen LogP contribution < -0.4 is 21.4 Å². The number of nitrogens with zero attached hydrogens (tertiary/aromatic N) is 5. The Morgan fingerprint density at radius 1 is 1.08 bits per heavy atom. The third-order valence-corrected chi connectivity index (χ3v) is 7.38. The summed E-state index contributed by atoms with van der Waals surface area (Å²) in [6, 6.07) is 7.91. The van der Waals surface area contributed by atoms with Crippen LogP contribution in [0.4, 0.5) is 11.4 Å². The highest BCUT2D eigenvalue weighted by atomic mass is 35.5. The maximum absolute atomic E-state index is 12.5. The molecule has 36 heavy (non-hydrogen) atoms. The minimum absolute atomic E-state index is 0.352. The zero-order chi connectivity index (χ0) is 25.4. The second-order valence-electron chi connectivity index (χ2n) is 8.41. The number of amides is 1. The second-order valence-corrected chi connectivity index (χ2v) is 10.0. The molecule has 1 unspecified atom stereocenters. The van der Waals surface area contributed by atoms with Gasteiger partial charge in [-0.15, -0.1) is 10.2 Å². The summed E-state index contributed by atoms with van der Waals surface area (Å²) in [7, 11) is 0. The highest BCUT2D eigenvalue weighted by molar-refractivity contribution is 6.39. The molecule has 13 heteroatoms. The van der Waals surface area contributed by atoms with Gasteiger partial charge < -0.3 is 16.0 Å². The molecule has 3 heterocycles. The van der Waals surface area contributed by atoms with Crippen LogP contribution in [0.15, 0.2) is 42.9 Å². The van der Waals surface area contributed by atoms with Crippen LogP contribution in [0.2, 0.25) is 20.1 Å². The van der Waals surface area contributed by atoms with E-state index in [2.05, 4.69) is 25.8 Å². The summed E-state index contributed by atoms with van der Waals surface area (Å²) in [5, 5.41) is 15.1. The van der Waals surface area contributed by atoms with Gasteiger partial charge in [0.1, 0.15) is 6.33 Å². The summed E-state index contributed by atoms with van der Waals surface area (Å²) in [6.45, 7) is 3.30. The number of piperazine rings is 1. The number of halogens is 4. The summed E-state index contributed by atoms with van der Waals surface area (Å²) in [5.41, 5.74) is 11.8. The summed E-state index contributed by atoms with van der Waals surface area (Å²) >= 11 is 26.1. The highest BCUT2D eigenvalue weighted by Gasteiger charge is 2.34. The molecule has 2 aliphatic rings. The Bertz CT molecular complexity index is 1290. The maximum Gasteiger partial charge on any atom is 0.250 e. The molecule has 0 saturated carbocycles. The number of aromatic nitrogens is 3. The van der Waals surface area contributed by atoms with Crippen LogP contribution in [-0.2, 0) is 11.2 Å². The van der Waals surface area contributed by atoms with Gasteiger partial charge >= 0.3 is 0 Å². The van der Waals surface area contributed by atoms with Gasteiger partial charge in [0.2, 0.25) is 5.91 Å². The Hall–Kier alpha value is -2.69. The second kappa shape index (κ2) is 10.4. The molecule has 2 aliphatic heterocycles. The van der Waals surface area contributed by atoms with Crippen molar-refractivity contribution in [1.29, 1.82) is 0 Å². The van der Waals surface area contributed by atoms with Crippen LogP contribution in [0, 0.1) is 0 Å². The number of nitrogens with two attached hydrogens (primary N) is 1. The standard InChI is InChI=1S/C23H22Cl4N8O/c24-16-2-1-3-17(25)15(16)10-14-11-35(21(22(28)36)23-31-30-12-34(14)23)32-13-8-18(26)20(19(27)9-13)33-6-4-29-5-7-33/h1-3,8-9,11-12,21,29,32H,4-7,10H2,(H2,28,36). The molecule has 1 saturated heterocycles. The van der Waals surface area contributed by atoms with E-state index in [1.807, 2.05) is 0 Å². The molecule has 1 aromatic heterocycles. The fourth-order valence-electron chi connectivity index (χ4n) is 4.42. The molecule has 0 spiro atoms. The van der Waals surface area contributed by atoms with Crippen LogP contribution in [0.3, 0.4) is 0 Å². The van der Waals surface area contributed by atoms with Crippen molar-refractivity contribution in [3.63, 3.8) is 0 Å². The number of carbonyl (C=O) groups excluding carboxylic acids is 1. The number of hydrogen-bond acceptors (Lipinski definition) is 7. The third-order valence-electron chi connectivity index (χ3n) is 6.09. The number of hydrazine groups is 1. The summed E-state index contributed by atoms with van der Waals surface area (Å²) in [6.07, 6.45) is 3.63. The van der Waals surface area contributed by atoms with E-state index >= 15 is 0 Å². The van der Waals surface area contributed by atoms with Crippen LogP contribution >= 0.6 is 46.4 Å². The lowest BCUT2D eigenvalue weighted by Crippen LogP contribution is -2.44. The van der Waals surface area contributed by atoms with E-state index in [0.29, 0.717) is 38.0 Å². The van der Waals surface area contributed by atoms with Crippen LogP contribution in [0.25, 0.3) is 5.70 Å². The molecule has 0 aliphatic carbocycles. The molecule has 2 aromatic carbocycles. The van der Waals surface area contributed by atoms with Gasteiger partial charge in [0.15, 0.2) is 11.9 Å². The topological polar surface area (TPSA) is 104 Å². The first-order valence-corrected chi connectivity index (χ1v) is 12.7. The molecule has 4 N–H and O–H groups in total. The van der Waals surface area contributed by atoms with Gasteiger partial charge in [-0.1, -0.05) is 52.5 Å². The number of primary amides is 1. The van der Waals surface area contributed by atoms with Crippen molar-refractivity contribution in [2.24, 2.45) is 5.73 Å². The van der Waals surface area contributed by atoms with Gasteiger partial charge in [-0.05, 0) is 29.8 Å². The Morgan fingerprint density at radius 3 is 2.39 bits per heavy atom. The Kier molecular flexibility index (Phi) is 7.18. The van der Waals surface area contributed by atoms with Crippen molar-refractivity contribution in [1.82, 2.24) is 25.1 Å². The monoisotopic (exact) mass is 566 g/mol. The molecule has 1 amide bonds. The Balaban J connectivity index is 1.50. The lowest BCUT2D eigenvalue weighted by molar-refractivity contribution is -0.122. The normalized spacial score (nSPS) is 17.6. The first-order valence-electron chi connectivity index (χ1n) is 11.2. The van der Waals surface area contributed by atoms with E-state index in [-0.39, 0.29) is 0 Å². The quantitative estimate of drug-likeness (QED) is 0.410. The molecule has 1 atom stereocenters. The smallest absolute Gasteiger partial charge is 0.250 e. The van der Waals surface area contributed by atoms with E-state index in [9.17, 15) is 4.79 Å². The van der Waals surface area contributed by atoms with Gasteiger partial charge in [0.25, 0.3) is 0 Å². The average Bonchev–Trinajstić information content (AvgIpc) is 3.31. The van der Waals surface area contributed by atoms with Gasteiger partial charge in [-0.2, -0.15) is 0 Å². The Labute approximate surface area is 227 Å². The predicted octanol–water partition coefficient (Wildman–Crippen LogP) is 4.21. The van der Waals surface area contributed by atoms with E-state index in [1.54, 1.807) is 46.1 Å². The molecular formula is C23H22Cl4N8O. The molecule has 0 bridgehead atoms. The number of fused-ring (bicyclic) bond motifs is 1. The maximum atomic E-state index is 12.5. The lowest BCUT2D eigenvalue weighted by atomic mass is 10.1. The SMILES string of the molecule is NC(=O)C1c2nncn2C(Cc2c(Cl)cccc2Cl)=CN1Nc1cc(Cl)c(N2CCNCC2)c(Cl)c1. The zero-order valence-corrected chi connectivity index (χ0v) is 21.9. The number of allylic oxidation sites excluding steroid dienone is 1. The molecular weight excluding hydrogens is 546 g/mol. The molecule has 188 valence electrons. The third kappa shape index (κ3) is 4.81. The summed E-state index contributed by atoms with van der Waals surface area (Å²) < 4.78 is 1.71. The van der Waals surface area contributed by atoms with E-state index in [1.165, 1.54) is 6.33 Å². The number of benzene rings is 2. The first kappa shape index (κ1) is 25.0. The molecule has 9 nitrogen and oxygen atoms in total. The number of anilines is 2. The molecule has 3 aromatic rings. The number of hydrogen-bond donors (Lipinski definition) is 3. The first-order chi connectivity index (χ1) is 17.3. The molecule has 5 rings (SSSR count). The van der Waals surface area contributed by atoms with Gasteiger partial charge in [-0.3, -0.25) is 19.8 Å². The molecule has 0 radical (unpaired) electrons. The largest absolute Gasteiger partial charge is 0.367 e. The van der Waals surface area contributed by atoms with Crippen LogP contribution in [0.1, 0.15) is 17.4 Å². The van der Waals surface area contributed by atoms with Crippen LogP contribution in [-0.4, -0.2) is 51.9 Å². The zero-order valence-electron chi connectivity index (χ0n) is 18.9. The molecule has 1 fully saturated rings. The van der Waals surface area contributed by atoms with Crippen molar-refractivity contribution < 1.29 is 4.79 Å². The minimum atomic E-state index is -0.941. The van der Waals surface area contributed by atoms with E-state index < -0.39 is 11.9 Å². The fraction of sp³-hybridized carbons (Fsp3) is 0.261. The fourth-order valence-corrected chi connectivity index (χ4v) is 5.67. The lowest BCUT2D eigenvalue weighted by Gasteiger charge is -2.35. The van der Waals surface area contributed by atoms with Crippen LogP contribution in [0.5, 0.6) is 0 Å². The van der Waals surface area contributed by atoms with E-state index in [4.69, 9.17) is 52.1 Å². The highest BCUT2D eigenvalue weighted by Crippen LogP contribution is 2.39. The van der Waals surface area contributed by atoms with Crippen molar-refractivity contribution in [3.8, 4) is 0 Å². The van der Waals surface area contributed by atoms with Crippen molar-refractivity contribution in [2.75, 3.05) is 36.5 Å². The summed E-state index contributed by atoms with van der Waals surface area (Å²) in [4.78, 5) is 14.7. The van der Waals surface area contributed by atoms with Crippen molar-refractivity contribution >= 4 is 69.4 Å². The number of carbonyl (C=O) groups is 1. The Morgan fingerprint density at radius 2 is 1.75 bits per heavy atom. The van der Waals surface area contributed by atoms with Crippen molar-refractivity contribution in [2.45, 2.75) is 12.5 Å². The predicted molar refractivity (Wildman–Crippen MR) is 143 cm³/mol. The van der Waals surface area contributed by atoms with E-state index in [0.717, 1.165) is 43.1 Å². The summed E-state index contributed by atoms with van der Waals surface area (Å²) in [5.74, 6) is -0.261. The number of rotatable bonds is 6. The average molecular weight is 568 g/mol. The van der Waals surface area contributed by atoms with Gasteiger partial charge in [0, 0.05) is 54.5 Å².